The molecule has 0 spiro atoms. The highest BCUT2D eigenvalue weighted by atomic mass is 16.3. The number of benzene rings is 1. The van der Waals surface area contributed by atoms with Crippen molar-refractivity contribution >= 4 is 22.9 Å². The minimum atomic E-state index is 0.0487. The van der Waals surface area contributed by atoms with E-state index in [-0.39, 0.29) is 6.61 Å². The van der Waals surface area contributed by atoms with Crippen molar-refractivity contribution in [3.63, 3.8) is 0 Å². The Balaban J connectivity index is 2.05. The molecule has 32 heavy (non-hydrogen) atoms. The van der Waals surface area contributed by atoms with Crippen molar-refractivity contribution in [2.45, 2.75) is 26.3 Å². The number of hydrogen-bond donors (Lipinski definition) is 2. The molecule has 0 saturated heterocycles. The summed E-state index contributed by atoms with van der Waals surface area (Å²) in [7, 11) is 0. The van der Waals surface area contributed by atoms with E-state index in [1.807, 2.05) is 72.2 Å². The van der Waals surface area contributed by atoms with Gasteiger partial charge in [-0.1, -0.05) is 60.2 Å². The van der Waals surface area contributed by atoms with Crippen molar-refractivity contribution in [3.8, 4) is 17.2 Å². The molecule has 0 amide bonds. The number of hydrogen-bond acceptors (Lipinski definition) is 5. The van der Waals surface area contributed by atoms with Gasteiger partial charge in [0.25, 0.3) is 0 Å². The molecule has 0 fully saturated rings. The van der Waals surface area contributed by atoms with Crippen molar-refractivity contribution in [2.75, 3.05) is 12.3 Å². The second-order valence-electron chi connectivity index (χ2n) is 7.67. The van der Waals surface area contributed by atoms with Crippen molar-refractivity contribution < 1.29 is 5.11 Å². The first-order valence-corrected chi connectivity index (χ1v) is 10.6. The Hall–Kier alpha value is -3.95. The zero-order valence-corrected chi connectivity index (χ0v) is 18.0. The van der Waals surface area contributed by atoms with Gasteiger partial charge in [0.1, 0.15) is 17.8 Å². The quantitative estimate of drug-likeness (QED) is 0.559. The number of nitriles is 1. The standard InChI is InChI=1S/C26H25N5O/c1-18-9-11-20(12-10-18)23-22(15-21(16-27)19-7-4-2-3-5-8-19)31(13-6-14-32)26-24(23)25(28)29-17-30-26/h2,4-5,7-12,15,17,32H,3,6,13-14H2,1H3,(H2,28,29,30). The van der Waals surface area contributed by atoms with Crippen molar-refractivity contribution in [1.29, 1.82) is 5.26 Å². The minimum absolute atomic E-state index is 0.0487. The lowest BCUT2D eigenvalue weighted by molar-refractivity contribution is 0.280. The molecule has 1 aliphatic carbocycles. The zero-order valence-electron chi connectivity index (χ0n) is 18.0. The molecular weight excluding hydrogens is 398 g/mol. The highest BCUT2D eigenvalue weighted by Crippen LogP contribution is 2.38. The van der Waals surface area contributed by atoms with Gasteiger partial charge in [-0.2, -0.15) is 5.26 Å². The van der Waals surface area contributed by atoms with E-state index in [1.165, 1.54) is 6.33 Å². The first kappa shape index (κ1) is 21.3. The number of aliphatic hydroxyl groups is 1. The van der Waals surface area contributed by atoms with E-state index in [1.54, 1.807) is 0 Å². The minimum Gasteiger partial charge on any atom is -0.396 e. The van der Waals surface area contributed by atoms with Crippen LogP contribution in [0.25, 0.3) is 28.2 Å². The second-order valence-corrected chi connectivity index (χ2v) is 7.67. The second kappa shape index (κ2) is 9.46. The summed E-state index contributed by atoms with van der Waals surface area (Å²) in [6.45, 7) is 2.63. The number of nitrogen functional groups attached to an aromatic ring is 1. The third-order valence-electron chi connectivity index (χ3n) is 5.48. The molecule has 2 aromatic heterocycles. The highest BCUT2D eigenvalue weighted by Gasteiger charge is 2.21. The monoisotopic (exact) mass is 423 g/mol. The average molecular weight is 424 g/mol. The van der Waals surface area contributed by atoms with Gasteiger partial charge in [-0.25, -0.2) is 9.97 Å². The summed E-state index contributed by atoms with van der Waals surface area (Å²) in [5.41, 5.74) is 12.2. The molecule has 0 saturated carbocycles. The largest absolute Gasteiger partial charge is 0.396 e. The Labute approximate surface area is 187 Å². The summed E-state index contributed by atoms with van der Waals surface area (Å²) in [4.78, 5) is 8.75. The van der Waals surface area contributed by atoms with Crippen LogP contribution in [0.2, 0.25) is 0 Å². The van der Waals surface area contributed by atoms with Crippen LogP contribution in [0.4, 0.5) is 5.82 Å². The molecule has 0 bridgehead atoms. The fourth-order valence-corrected chi connectivity index (χ4v) is 3.90. The predicted molar refractivity (Wildman–Crippen MR) is 128 cm³/mol. The number of rotatable bonds is 6. The Morgan fingerprint density at radius 2 is 2.06 bits per heavy atom. The van der Waals surface area contributed by atoms with Gasteiger partial charge in [0.2, 0.25) is 0 Å². The van der Waals surface area contributed by atoms with E-state index in [4.69, 9.17) is 5.73 Å². The molecule has 6 heteroatoms. The first-order valence-electron chi connectivity index (χ1n) is 10.6. The molecule has 3 N–H and O–H groups in total. The van der Waals surface area contributed by atoms with E-state index in [9.17, 15) is 10.4 Å². The van der Waals surface area contributed by atoms with Gasteiger partial charge in [-0.05, 0) is 37.0 Å². The van der Waals surface area contributed by atoms with Gasteiger partial charge in [-0.15, -0.1) is 0 Å². The SMILES string of the molecule is Cc1ccc(-c2c(C=C(C#N)C3=CC=CCC=C3)n(CCCO)c3ncnc(N)c23)cc1. The lowest BCUT2D eigenvalue weighted by Gasteiger charge is -2.10. The summed E-state index contributed by atoms with van der Waals surface area (Å²) in [5, 5.41) is 20.3. The third kappa shape index (κ3) is 4.11. The number of aliphatic hydroxyl groups excluding tert-OH is 1. The molecule has 0 unspecified atom stereocenters. The third-order valence-corrected chi connectivity index (χ3v) is 5.48. The van der Waals surface area contributed by atoms with Gasteiger partial charge in [-0.3, -0.25) is 0 Å². The molecule has 0 atom stereocenters. The van der Waals surface area contributed by atoms with Crippen LogP contribution in [0.3, 0.4) is 0 Å². The van der Waals surface area contributed by atoms with Crippen LogP contribution in [0.1, 0.15) is 24.1 Å². The Morgan fingerprint density at radius 3 is 2.81 bits per heavy atom. The molecule has 0 aliphatic heterocycles. The molecule has 4 rings (SSSR count). The maximum atomic E-state index is 10.0. The number of allylic oxidation sites excluding steroid dienone is 7. The predicted octanol–water partition coefficient (Wildman–Crippen LogP) is 4.72. The fraction of sp³-hybridized carbons (Fsp3) is 0.192. The van der Waals surface area contributed by atoms with Crippen LogP contribution in [-0.4, -0.2) is 26.2 Å². The molecule has 1 aliphatic rings. The molecule has 160 valence electrons. The molecule has 1 aromatic carbocycles. The molecule has 2 heterocycles. The van der Waals surface area contributed by atoms with E-state index < -0.39 is 0 Å². The molecule has 6 nitrogen and oxygen atoms in total. The lowest BCUT2D eigenvalue weighted by atomic mass is 9.98. The normalized spacial score (nSPS) is 13.8. The molecule has 3 aromatic rings. The Kier molecular flexibility index (Phi) is 6.29. The zero-order chi connectivity index (χ0) is 22.5. The van der Waals surface area contributed by atoms with E-state index in [2.05, 4.69) is 16.0 Å². The summed E-state index contributed by atoms with van der Waals surface area (Å²) in [6, 6.07) is 10.5. The Bertz CT molecular complexity index is 1300. The van der Waals surface area contributed by atoms with Crippen molar-refractivity contribution in [2.24, 2.45) is 0 Å². The van der Waals surface area contributed by atoms with Crippen molar-refractivity contribution in [1.82, 2.24) is 14.5 Å². The summed E-state index contributed by atoms with van der Waals surface area (Å²) in [5.74, 6) is 0.387. The van der Waals surface area contributed by atoms with Crippen LogP contribution in [0.15, 0.2) is 72.1 Å². The smallest absolute Gasteiger partial charge is 0.146 e. The van der Waals surface area contributed by atoms with Gasteiger partial charge in [0.05, 0.1) is 22.7 Å². The molecular formula is C26H25N5O. The van der Waals surface area contributed by atoms with Gasteiger partial charge in [0.15, 0.2) is 0 Å². The van der Waals surface area contributed by atoms with Gasteiger partial charge < -0.3 is 15.4 Å². The van der Waals surface area contributed by atoms with E-state index in [0.717, 1.165) is 39.8 Å². The maximum absolute atomic E-state index is 10.0. The van der Waals surface area contributed by atoms with Crippen LogP contribution in [0.5, 0.6) is 0 Å². The summed E-state index contributed by atoms with van der Waals surface area (Å²) < 4.78 is 2.02. The van der Waals surface area contributed by atoms with Gasteiger partial charge >= 0.3 is 0 Å². The van der Waals surface area contributed by atoms with Crippen LogP contribution in [0, 0.1) is 18.3 Å². The van der Waals surface area contributed by atoms with Crippen LogP contribution >= 0.6 is 0 Å². The maximum Gasteiger partial charge on any atom is 0.146 e. The number of nitrogens with two attached hydrogens (primary N) is 1. The van der Waals surface area contributed by atoms with Crippen LogP contribution in [-0.2, 0) is 6.54 Å². The topological polar surface area (TPSA) is 101 Å². The number of nitrogens with zero attached hydrogens (tertiary/aromatic N) is 4. The summed E-state index contributed by atoms with van der Waals surface area (Å²) in [6.07, 6.45) is 14.7. The number of anilines is 1. The van der Waals surface area contributed by atoms with E-state index in [0.29, 0.717) is 30.0 Å². The lowest BCUT2D eigenvalue weighted by Crippen LogP contribution is -2.04. The fourth-order valence-electron chi connectivity index (χ4n) is 3.90. The number of fused-ring (bicyclic) bond motifs is 1. The Morgan fingerprint density at radius 1 is 1.25 bits per heavy atom. The number of aryl methyl sites for hydroxylation is 2. The van der Waals surface area contributed by atoms with Crippen molar-refractivity contribution in [3.05, 3.63) is 83.4 Å². The summed E-state index contributed by atoms with van der Waals surface area (Å²) >= 11 is 0. The molecule has 0 radical (unpaired) electrons. The first-order chi connectivity index (χ1) is 15.6. The van der Waals surface area contributed by atoms with Gasteiger partial charge in [0, 0.05) is 18.7 Å². The highest BCUT2D eigenvalue weighted by molar-refractivity contribution is 6.05. The van der Waals surface area contributed by atoms with Crippen LogP contribution < -0.4 is 5.73 Å². The number of aromatic nitrogens is 3. The van der Waals surface area contributed by atoms with E-state index >= 15 is 0 Å². The average Bonchev–Trinajstić information content (AvgIpc) is 2.94.